The third-order valence-electron chi connectivity index (χ3n) is 3.85. The fourth-order valence-corrected chi connectivity index (χ4v) is 2.31. The number of benzene rings is 2. The molecule has 0 fully saturated rings. The summed E-state index contributed by atoms with van der Waals surface area (Å²) in [4.78, 5) is 8.51. The van der Waals surface area contributed by atoms with Crippen molar-refractivity contribution in [2.45, 2.75) is 48.0 Å². The molecule has 0 aromatic heterocycles. The average Bonchev–Trinajstić information content (AvgIpc) is 2.52. The fraction of sp³-hybridized carbons (Fsp3) is 0.333. The quantitative estimate of drug-likeness (QED) is 0.583. The first-order valence-electron chi connectivity index (χ1n) is 8.04. The summed E-state index contributed by atoms with van der Waals surface area (Å²) in [6, 6.07) is 12.4. The van der Waals surface area contributed by atoms with Crippen molar-refractivity contribution in [3.8, 4) is 0 Å². The first kappa shape index (κ1) is 18.8. The monoisotopic (exact) mass is 308 g/mol. The molecule has 0 N–H and O–H groups in total. The highest BCUT2D eigenvalue weighted by Gasteiger charge is 1.99. The normalized spacial score (nSPS) is 10.8. The molecule has 0 radical (unpaired) electrons. The molecule has 0 unspecified atom stereocenters. The van der Waals surface area contributed by atoms with Crippen LogP contribution in [0.5, 0.6) is 0 Å². The van der Waals surface area contributed by atoms with Crippen LogP contribution in [0.2, 0.25) is 0 Å². The van der Waals surface area contributed by atoms with E-state index in [1.807, 2.05) is 32.0 Å². The van der Waals surface area contributed by atoms with Crippen molar-refractivity contribution >= 4 is 23.8 Å². The van der Waals surface area contributed by atoms with Crippen LogP contribution in [0.3, 0.4) is 0 Å². The summed E-state index contributed by atoms with van der Waals surface area (Å²) in [5.41, 5.74) is 8.24. The smallest absolute Gasteiger partial charge is 0.0687 e. The third kappa shape index (κ3) is 5.48. The molecule has 2 rings (SSSR count). The van der Waals surface area contributed by atoms with Crippen LogP contribution < -0.4 is 0 Å². The molecule has 0 saturated carbocycles. The first-order chi connectivity index (χ1) is 10.9. The van der Waals surface area contributed by atoms with Gasteiger partial charge in [0.1, 0.15) is 0 Å². The Morgan fingerprint density at radius 3 is 1.52 bits per heavy atom. The summed E-state index contributed by atoms with van der Waals surface area (Å²) in [6.45, 7) is 16.0. The standard InChI is InChI=1S/C12H17N.C9H11N/c1-5-11(4)13-12-9(2)7-6-8-10(12)3;1-7-5-4-6-8(2)9(7)10-3/h6-8H,5H2,1-4H3;4-6H,3H2,1-2H3. The highest BCUT2D eigenvalue weighted by atomic mass is 14.7. The number of para-hydroxylation sites is 2. The lowest BCUT2D eigenvalue weighted by Gasteiger charge is -2.05. The van der Waals surface area contributed by atoms with Crippen LogP contribution in [-0.4, -0.2) is 12.4 Å². The predicted octanol–water partition coefficient (Wildman–Crippen LogP) is 6.44. The summed E-state index contributed by atoms with van der Waals surface area (Å²) in [5, 5.41) is 0. The highest BCUT2D eigenvalue weighted by Crippen LogP contribution is 2.23. The predicted molar refractivity (Wildman–Crippen MR) is 104 cm³/mol. The molecular weight excluding hydrogens is 280 g/mol. The zero-order valence-corrected chi connectivity index (χ0v) is 15.3. The van der Waals surface area contributed by atoms with Crippen LogP contribution in [0.15, 0.2) is 46.4 Å². The number of hydrogen-bond donors (Lipinski definition) is 0. The van der Waals surface area contributed by atoms with Crippen molar-refractivity contribution in [2.24, 2.45) is 9.98 Å². The topological polar surface area (TPSA) is 24.7 Å². The van der Waals surface area contributed by atoms with E-state index in [9.17, 15) is 0 Å². The van der Waals surface area contributed by atoms with Crippen molar-refractivity contribution in [3.63, 3.8) is 0 Å². The molecule has 2 heteroatoms. The van der Waals surface area contributed by atoms with Gasteiger partial charge in [-0.2, -0.15) is 0 Å². The van der Waals surface area contributed by atoms with E-state index in [0.717, 1.165) is 17.8 Å². The second kappa shape index (κ2) is 9.04. The van der Waals surface area contributed by atoms with Crippen molar-refractivity contribution < 1.29 is 0 Å². The lowest BCUT2D eigenvalue weighted by Crippen LogP contribution is -1.88. The Labute approximate surface area is 141 Å². The second-order valence-corrected chi connectivity index (χ2v) is 5.84. The zero-order chi connectivity index (χ0) is 17.4. The molecule has 0 aliphatic rings. The Hall–Kier alpha value is -2.22. The Bertz CT molecular complexity index is 656. The molecule has 2 nitrogen and oxygen atoms in total. The lowest BCUT2D eigenvalue weighted by atomic mass is 10.1. The minimum Gasteiger partial charge on any atom is -0.264 e. The van der Waals surface area contributed by atoms with Gasteiger partial charge in [-0.3, -0.25) is 9.98 Å². The number of aliphatic imine (C=N–C) groups is 2. The summed E-state index contributed by atoms with van der Waals surface area (Å²) >= 11 is 0. The van der Waals surface area contributed by atoms with Gasteiger partial charge < -0.3 is 0 Å². The molecule has 0 aliphatic heterocycles. The maximum absolute atomic E-state index is 4.59. The van der Waals surface area contributed by atoms with Gasteiger partial charge in [0.2, 0.25) is 0 Å². The van der Waals surface area contributed by atoms with E-state index in [0.29, 0.717) is 0 Å². The average molecular weight is 308 g/mol. The first-order valence-corrected chi connectivity index (χ1v) is 8.04. The van der Waals surface area contributed by atoms with Gasteiger partial charge in [-0.05, 0) is 70.0 Å². The SMILES string of the molecule is C=Nc1c(C)cccc1C.CCC(C)=Nc1c(C)cccc1C. The van der Waals surface area contributed by atoms with Gasteiger partial charge >= 0.3 is 0 Å². The Balaban J connectivity index is 0.000000238. The zero-order valence-electron chi connectivity index (χ0n) is 15.3. The van der Waals surface area contributed by atoms with Crippen molar-refractivity contribution in [3.05, 3.63) is 58.7 Å². The molecule has 0 spiro atoms. The maximum atomic E-state index is 4.59. The van der Waals surface area contributed by atoms with E-state index in [2.05, 4.69) is 62.6 Å². The van der Waals surface area contributed by atoms with Crippen molar-refractivity contribution in [1.82, 2.24) is 0 Å². The minimum atomic E-state index is 1.02. The van der Waals surface area contributed by atoms with Crippen LogP contribution in [0.25, 0.3) is 0 Å². The fourth-order valence-electron chi connectivity index (χ4n) is 2.31. The highest BCUT2D eigenvalue weighted by molar-refractivity contribution is 5.85. The molecule has 122 valence electrons. The molecule has 0 atom stereocenters. The summed E-state index contributed by atoms with van der Waals surface area (Å²) < 4.78 is 0. The van der Waals surface area contributed by atoms with E-state index in [4.69, 9.17) is 0 Å². The van der Waals surface area contributed by atoms with Crippen molar-refractivity contribution in [2.75, 3.05) is 0 Å². The molecule has 23 heavy (non-hydrogen) atoms. The van der Waals surface area contributed by atoms with E-state index in [-0.39, 0.29) is 0 Å². The molecule has 0 aliphatic carbocycles. The maximum Gasteiger partial charge on any atom is 0.0687 e. The summed E-state index contributed by atoms with van der Waals surface area (Å²) in [5.74, 6) is 0. The molecule has 0 saturated heterocycles. The summed E-state index contributed by atoms with van der Waals surface area (Å²) in [6.07, 6.45) is 1.02. The Morgan fingerprint density at radius 2 is 1.22 bits per heavy atom. The van der Waals surface area contributed by atoms with E-state index in [1.165, 1.54) is 28.0 Å². The van der Waals surface area contributed by atoms with Gasteiger partial charge in [-0.15, -0.1) is 0 Å². The number of aryl methyl sites for hydroxylation is 4. The van der Waals surface area contributed by atoms with Gasteiger partial charge in [0.15, 0.2) is 0 Å². The van der Waals surface area contributed by atoms with E-state index >= 15 is 0 Å². The second-order valence-electron chi connectivity index (χ2n) is 5.84. The molecule has 0 amide bonds. The molecule has 0 bridgehead atoms. The Kier molecular flexibility index (Phi) is 7.40. The molecule has 2 aromatic rings. The van der Waals surface area contributed by atoms with Crippen LogP contribution in [0.1, 0.15) is 42.5 Å². The van der Waals surface area contributed by atoms with Crippen LogP contribution in [-0.2, 0) is 0 Å². The van der Waals surface area contributed by atoms with Crippen LogP contribution >= 0.6 is 0 Å². The lowest BCUT2D eigenvalue weighted by molar-refractivity contribution is 1.23. The molecule has 2 aromatic carbocycles. The van der Waals surface area contributed by atoms with Gasteiger partial charge in [0, 0.05) is 5.71 Å². The van der Waals surface area contributed by atoms with Crippen LogP contribution in [0.4, 0.5) is 11.4 Å². The number of nitrogens with zero attached hydrogens (tertiary/aromatic N) is 2. The van der Waals surface area contributed by atoms with E-state index in [1.54, 1.807) is 0 Å². The third-order valence-corrected chi connectivity index (χ3v) is 3.85. The van der Waals surface area contributed by atoms with Gasteiger partial charge in [0.25, 0.3) is 0 Å². The molecule has 0 heterocycles. The Morgan fingerprint density at radius 1 is 0.826 bits per heavy atom. The van der Waals surface area contributed by atoms with Crippen molar-refractivity contribution in [1.29, 1.82) is 0 Å². The van der Waals surface area contributed by atoms with Crippen LogP contribution in [0, 0.1) is 27.7 Å². The van der Waals surface area contributed by atoms with Gasteiger partial charge in [-0.1, -0.05) is 43.3 Å². The number of hydrogen-bond acceptors (Lipinski definition) is 2. The number of rotatable bonds is 3. The van der Waals surface area contributed by atoms with Gasteiger partial charge in [0.05, 0.1) is 11.4 Å². The van der Waals surface area contributed by atoms with E-state index < -0.39 is 0 Å². The largest absolute Gasteiger partial charge is 0.264 e. The summed E-state index contributed by atoms with van der Waals surface area (Å²) in [7, 11) is 0. The van der Waals surface area contributed by atoms with Gasteiger partial charge in [-0.25, -0.2) is 0 Å². The minimum absolute atomic E-state index is 1.02. The molecular formula is C21H28N2.